The number of aromatic nitrogens is 3. The van der Waals surface area contributed by atoms with E-state index in [-0.39, 0.29) is 17.4 Å². The van der Waals surface area contributed by atoms with Crippen molar-refractivity contribution < 1.29 is 4.79 Å². The first-order valence-electron chi connectivity index (χ1n) is 8.93. The molecule has 2 aromatic heterocycles. The molecule has 0 bridgehead atoms. The zero-order valence-electron chi connectivity index (χ0n) is 14.3. The number of hydrogen-bond donors (Lipinski definition) is 1. The van der Waals surface area contributed by atoms with Crippen molar-refractivity contribution in [1.82, 2.24) is 25.2 Å². The van der Waals surface area contributed by atoms with Crippen LogP contribution >= 0.6 is 0 Å². The lowest BCUT2D eigenvalue weighted by atomic mass is 9.59. The third kappa shape index (κ3) is 3.39. The molecule has 4 rings (SSSR count). The molecule has 3 heterocycles. The molecule has 1 saturated heterocycles. The number of likely N-dealkylation sites (tertiary alicyclic amines) is 1. The normalized spacial score (nSPS) is 22.3. The van der Waals surface area contributed by atoms with E-state index >= 15 is 0 Å². The van der Waals surface area contributed by atoms with Gasteiger partial charge in [-0.3, -0.25) is 19.7 Å². The molecule has 2 aliphatic rings. The van der Waals surface area contributed by atoms with Crippen LogP contribution in [0.5, 0.6) is 0 Å². The summed E-state index contributed by atoms with van der Waals surface area (Å²) < 4.78 is 0. The molecule has 1 atom stereocenters. The molecule has 6 nitrogen and oxygen atoms in total. The fraction of sp³-hybridized carbons (Fsp3) is 0.474. The summed E-state index contributed by atoms with van der Waals surface area (Å²) in [5.74, 6) is -0.101. The van der Waals surface area contributed by atoms with Crippen LogP contribution in [0.3, 0.4) is 0 Å². The van der Waals surface area contributed by atoms with Gasteiger partial charge in [-0.1, -0.05) is 0 Å². The number of carbonyl (C=O) groups is 1. The number of nitrogens with zero attached hydrogens (tertiary/aromatic N) is 4. The first kappa shape index (κ1) is 16.1. The van der Waals surface area contributed by atoms with Gasteiger partial charge in [0.05, 0.1) is 6.20 Å². The summed E-state index contributed by atoms with van der Waals surface area (Å²) in [6, 6.07) is 4.43. The van der Waals surface area contributed by atoms with Crippen LogP contribution in [0.4, 0.5) is 0 Å². The number of rotatable bonds is 4. The van der Waals surface area contributed by atoms with Crippen LogP contribution in [0.25, 0.3) is 0 Å². The van der Waals surface area contributed by atoms with Gasteiger partial charge in [0.2, 0.25) is 0 Å². The molecule has 0 radical (unpaired) electrons. The van der Waals surface area contributed by atoms with Crippen LogP contribution in [-0.2, 0) is 6.54 Å². The van der Waals surface area contributed by atoms with Crippen LogP contribution in [0.2, 0.25) is 0 Å². The van der Waals surface area contributed by atoms with Crippen molar-refractivity contribution in [3.63, 3.8) is 0 Å². The van der Waals surface area contributed by atoms with Gasteiger partial charge in [-0.25, -0.2) is 4.98 Å². The first-order valence-corrected chi connectivity index (χ1v) is 8.93. The SMILES string of the molecule is O=C(N[C@@H]1CCC12CCN(Cc1ccncc1)CC2)c1cnccn1. The molecule has 1 saturated carbocycles. The Bertz CT molecular complexity index is 713. The van der Waals surface area contributed by atoms with Crippen molar-refractivity contribution in [2.24, 2.45) is 5.41 Å². The van der Waals surface area contributed by atoms with E-state index in [1.54, 1.807) is 12.4 Å². The third-order valence-corrected chi connectivity index (χ3v) is 5.78. The molecule has 1 amide bonds. The Balaban J connectivity index is 1.32. The van der Waals surface area contributed by atoms with Gasteiger partial charge in [0, 0.05) is 37.4 Å². The van der Waals surface area contributed by atoms with Crippen molar-refractivity contribution >= 4 is 5.91 Å². The zero-order chi connectivity index (χ0) is 17.1. The highest BCUT2D eigenvalue weighted by molar-refractivity contribution is 5.92. The van der Waals surface area contributed by atoms with Crippen LogP contribution in [0.15, 0.2) is 43.1 Å². The Hall–Kier alpha value is -2.34. The van der Waals surface area contributed by atoms with E-state index in [4.69, 9.17) is 0 Å². The van der Waals surface area contributed by atoms with Crippen LogP contribution in [0.1, 0.15) is 41.7 Å². The van der Waals surface area contributed by atoms with Crippen LogP contribution < -0.4 is 5.32 Å². The summed E-state index contributed by atoms with van der Waals surface area (Å²) in [7, 11) is 0. The second kappa shape index (κ2) is 6.88. The summed E-state index contributed by atoms with van der Waals surface area (Å²) in [4.78, 5) is 27.0. The molecule has 25 heavy (non-hydrogen) atoms. The number of hydrogen-bond acceptors (Lipinski definition) is 5. The average molecular weight is 337 g/mol. The van der Waals surface area contributed by atoms with Crippen molar-refractivity contribution in [2.45, 2.75) is 38.3 Å². The quantitative estimate of drug-likeness (QED) is 0.924. The highest BCUT2D eigenvalue weighted by atomic mass is 16.2. The van der Waals surface area contributed by atoms with E-state index in [2.05, 4.69) is 37.3 Å². The summed E-state index contributed by atoms with van der Waals surface area (Å²) in [5, 5.41) is 3.19. The van der Waals surface area contributed by atoms with Gasteiger partial charge in [0.1, 0.15) is 5.69 Å². The van der Waals surface area contributed by atoms with E-state index in [0.717, 1.165) is 38.9 Å². The fourth-order valence-electron chi connectivity index (χ4n) is 4.07. The maximum atomic E-state index is 12.3. The minimum Gasteiger partial charge on any atom is -0.347 e. The Morgan fingerprint density at radius 2 is 1.92 bits per heavy atom. The van der Waals surface area contributed by atoms with Crippen molar-refractivity contribution in [3.8, 4) is 0 Å². The van der Waals surface area contributed by atoms with E-state index < -0.39 is 0 Å². The Labute approximate surface area is 147 Å². The maximum absolute atomic E-state index is 12.3. The average Bonchev–Trinajstić information content (AvgIpc) is 2.67. The molecule has 2 fully saturated rings. The topological polar surface area (TPSA) is 71.0 Å². The highest BCUT2D eigenvalue weighted by Gasteiger charge is 2.48. The summed E-state index contributed by atoms with van der Waals surface area (Å²) in [5.41, 5.74) is 1.99. The lowest BCUT2D eigenvalue weighted by Gasteiger charge is -2.54. The van der Waals surface area contributed by atoms with E-state index in [0.29, 0.717) is 5.69 Å². The van der Waals surface area contributed by atoms with Gasteiger partial charge in [0.15, 0.2) is 0 Å². The van der Waals surface area contributed by atoms with Crippen molar-refractivity contribution in [2.75, 3.05) is 13.1 Å². The minimum atomic E-state index is -0.101. The standard InChI is InChI=1S/C19H23N5O/c25-18(16-13-21-9-10-22-16)23-17-1-4-19(17)5-11-24(12-6-19)14-15-2-7-20-8-3-15/h2-3,7-10,13,17H,1,4-6,11-12,14H2,(H,23,25)/t17-/m1/s1. The molecule has 0 aromatic carbocycles. The second-order valence-corrected chi connectivity index (χ2v) is 7.15. The Morgan fingerprint density at radius 1 is 1.12 bits per heavy atom. The monoisotopic (exact) mass is 337 g/mol. The van der Waals surface area contributed by atoms with Crippen molar-refractivity contribution in [3.05, 3.63) is 54.4 Å². The van der Waals surface area contributed by atoms with Crippen molar-refractivity contribution in [1.29, 1.82) is 0 Å². The lowest BCUT2D eigenvalue weighted by molar-refractivity contribution is -0.00719. The van der Waals surface area contributed by atoms with E-state index in [1.165, 1.54) is 18.2 Å². The predicted molar refractivity (Wildman–Crippen MR) is 93.7 cm³/mol. The lowest BCUT2D eigenvalue weighted by Crippen LogP contribution is -2.59. The van der Waals surface area contributed by atoms with Gasteiger partial charge in [-0.2, -0.15) is 0 Å². The molecule has 1 aliphatic heterocycles. The van der Waals surface area contributed by atoms with Gasteiger partial charge >= 0.3 is 0 Å². The number of nitrogens with one attached hydrogen (secondary N) is 1. The first-order chi connectivity index (χ1) is 12.3. The molecular formula is C19H23N5O. The molecule has 2 aromatic rings. The second-order valence-electron chi connectivity index (χ2n) is 7.15. The predicted octanol–water partition coefficient (Wildman–Crippen LogP) is 2.05. The third-order valence-electron chi connectivity index (χ3n) is 5.78. The maximum Gasteiger partial charge on any atom is 0.271 e. The summed E-state index contributed by atoms with van der Waals surface area (Å²) >= 11 is 0. The molecule has 0 unspecified atom stereocenters. The van der Waals surface area contributed by atoms with Gasteiger partial charge in [0.25, 0.3) is 5.91 Å². The Kier molecular flexibility index (Phi) is 4.44. The van der Waals surface area contributed by atoms with Gasteiger partial charge in [-0.15, -0.1) is 0 Å². The highest BCUT2D eigenvalue weighted by Crippen LogP contribution is 2.49. The molecule has 1 aliphatic carbocycles. The zero-order valence-corrected chi connectivity index (χ0v) is 14.3. The Morgan fingerprint density at radius 3 is 2.56 bits per heavy atom. The van der Waals surface area contributed by atoms with Crippen LogP contribution in [-0.4, -0.2) is 44.9 Å². The molecular weight excluding hydrogens is 314 g/mol. The molecule has 1 N–H and O–H groups in total. The van der Waals surface area contributed by atoms with E-state index in [1.807, 2.05) is 12.4 Å². The smallest absolute Gasteiger partial charge is 0.271 e. The summed E-state index contributed by atoms with van der Waals surface area (Å²) in [6.45, 7) is 3.15. The molecule has 6 heteroatoms. The van der Waals surface area contributed by atoms with Gasteiger partial charge in [-0.05, 0) is 61.9 Å². The molecule has 130 valence electrons. The number of carbonyl (C=O) groups excluding carboxylic acids is 1. The number of pyridine rings is 1. The minimum absolute atomic E-state index is 0.101. The fourth-order valence-corrected chi connectivity index (χ4v) is 4.07. The largest absolute Gasteiger partial charge is 0.347 e. The number of amides is 1. The summed E-state index contributed by atoms with van der Waals surface area (Å²) in [6.07, 6.45) is 12.9. The number of piperidine rings is 1. The van der Waals surface area contributed by atoms with E-state index in [9.17, 15) is 4.79 Å². The van der Waals surface area contributed by atoms with Crippen LogP contribution in [0, 0.1) is 5.41 Å². The molecule has 1 spiro atoms. The van der Waals surface area contributed by atoms with Gasteiger partial charge < -0.3 is 5.32 Å².